The van der Waals surface area contributed by atoms with Crippen LogP contribution in [0, 0.1) is 13.8 Å². The predicted molar refractivity (Wildman–Crippen MR) is 133 cm³/mol. The van der Waals surface area contributed by atoms with Crippen molar-refractivity contribution in [2.24, 2.45) is 12.0 Å². The topological polar surface area (TPSA) is 63.4 Å². The van der Waals surface area contributed by atoms with Crippen molar-refractivity contribution in [1.29, 1.82) is 0 Å². The number of aromatic nitrogens is 3. The fourth-order valence-electron chi connectivity index (χ4n) is 4.85. The van der Waals surface area contributed by atoms with Crippen molar-refractivity contribution in [1.82, 2.24) is 19.4 Å². The van der Waals surface area contributed by atoms with Crippen LogP contribution in [0.2, 0.25) is 0 Å². The highest BCUT2D eigenvalue weighted by Crippen LogP contribution is 2.35. The largest absolute Gasteiger partial charge is 0.416 e. The second-order valence-corrected chi connectivity index (χ2v) is 9.40. The van der Waals surface area contributed by atoms with E-state index in [4.69, 9.17) is 4.99 Å². The van der Waals surface area contributed by atoms with Crippen LogP contribution in [0.1, 0.15) is 61.4 Å². The van der Waals surface area contributed by atoms with E-state index in [0.717, 1.165) is 28.2 Å². The summed E-state index contributed by atoms with van der Waals surface area (Å²) in [5, 5.41) is 0.770. The average Bonchev–Trinajstić information content (AvgIpc) is 2.81. The Balaban J connectivity index is 1.84. The molecular formula is C27H30F3N5O. The third-order valence-corrected chi connectivity index (χ3v) is 7.00. The number of alkyl halides is 3. The van der Waals surface area contributed by atoms with E-state index in [9.17, 15) is 18.0 Å². The minimum atomic E-state index is -4.43. The number of aryl methyl sites for hydroxylation is 2. The molecule has 3 heterocycles. The highest BCUT2D eigenvalue weighted by Gasteiger charge is 2.33. The van der Waals surface area contributed by atoms with Gasteiger partial charge in [0.1, 0.15) is 5.82 Å². The van der Waals surface area contributed by atoms with E-state index in [0.29, 0.717) is 29.8 Å². The quantitative estimate of drug-likeness (QED) is 0.494. The van der Waals surface area contributed by atoms with Crippen LogP contribution in [0.25, 0.3) is 16.5 Å². The zero-order chi connectivity index (χ0) is 26.4. The lowest BCUT2D eigenvalue weighted by atomic mass is 9.97. The van der Waals surface area contributed by atoms with E-state index < -0.39 is 17.8 Å². The number of hydrogen-bond donors (Lipinski definition) is 0. The summed E-state index contributed by atoms with van der Waals surface area (Å²) in [6, 6.07) is 5.65. The van der Waals surface area contributed by atoms with Crippen molar-refractivity contribution < 1.29 is 18.0 Å². The van der Waals surface area contributed by atoms with Crippen molar-refractivity contribution >= 4 is 22.4 Å². The van der Waals surface area contributed by atoms with Gasteiger partial charge in [-0.1, -0.05) is 18.2 Å². The van der Waals surface area contributed by atoms with Crippen LogP contribution in [-0.4, -0.2) is 37.9 Å². The Morgan fingerprint density at radius 1 is 1.25 bits per heavy atom. The van der Waals surface area contributed by atoms with Crippen LogP contribution < -0.4 is 5.49 Å². The molecule has 2 aromatic heterocycles. The van der Waals surface area contributed by atoms with Crippen LogP contribution in [0.4, 0.5) is 13.2 Å². The molecule has 0 spiro atoms. The molecular weight excluding hydrogens is 467 g/mol. The molecule has 1 aromatic carbocycles. The second kappa shape index (κ2) is 9.52. The summed E-state index contributed by atoms with van der Waals surface area (Å²) in [5.41, 5.74) is 3.13. The van der Waals surface area contributed by atoms with Gasteiger partial charge in [0.25, 0.3) is 0 Å². The summed E-state index contributed by atoms with van der Waals surface area (Å²) in [5.74, 6) is 0.752. The lowest BCUT2D eigenvalue weighted by Crippen LogP contribution is -2.39. The van der Waals surface area contributed by atoms with Gasteiger partial charge in [-0.15, -0.1) is 0 Å². The number of carbonyl (C=O) groups excluding carboxylic acids is 1. The lowest BCUT2D eigenvalue weighted by molar-refractivity contribution is -0.138. The number of halogens is 3. The Morgan fingerprint density at radius 2 is 1.97 bits per heavy atom. The first kappa shape index (κ1) is 25.6. The molecule has 3 aromatic rings. The molecule has 0 aliphatic carbocycles. The van der Waals surface area contributed by atoms with E-state index in [1.54, 1.807) is 26.1 Å². The van der Waals surface area contributed by atoms with Crippen LogP contribution in [-0.2, 0) is 18.0 Å². The summed E-state index contributed by atoms with van der Waals surface area (Å²) in [6.07, 6.45) is 0.0467. The number of pyridine rings is 1. The van der Waals surface area contributed by atoms with Gasteiger partial charge in [-0.3, -0.25) is 14.8 Å². The van der Waals surface area contributed by atoms with Crippen LogP contribution in [0.5, 0.6) is 0 Å². The minimum Gasteiger partial charge on any atom is -0.336 e. The van der Waals surface area contributed by atoms with Crippen molar-refractivity contribution in [3.8, 4) is 0 Å². The first-order valence-corrected chi connectivity index (χ1v) is 11.9. The van der Waals surface area contributed by atoms with Crippen molar-refractivity contribution in [3.63, 3.8) is 0 Å². The number of amides is 1. The highest BCUT2D eigenvalue weighted by molar-refractivity contribution is 5.82. The molecule has 0 N–H and O–H groups in total. The van der Waals surface area contributed by atoms with Gasteiger partial charge in [0.15, 0.2) is 5.49 Å². The van der Waals surface area contributed by atoms with Crippen molar-refractivity contribution in [2.45, 2.75) is 59.3 Å². The maximum Gasteiger partial charge on any atom is 0.416 e. The number of fused-ring (bicyclic) bond motifs is 1. The first-order valence-electron chi connectivity index (χ1n) is 11.9. The molecule has 0 bridgehead atoms. The van der Waals surface area contributed by atoms with E-state index >= 15 is 0 Å². The van der Waals surface area contributed by atoms with Crippen LogP contribution in [0.3, 0.4) is 0 Å². The first-order chi connectivity index (χ1) is 16.9. The van der Waals surface area contributed by atoms with Gasteiger partial charge in [-0.2, -0.15) is 13.2 Å². The van der Waals surface area contributed by atoms with E-state index in [1.165, 1.54) is 13.0 Å². The average molecular weight is 498 g/mol. The molecule has 4 rings (SSSR count). The number of hydrogen-bond acceptors (Lipinski definition) is 4. The Labute approximate surface area is 208 Å². The number of nitrogens with zero attached hydrogens (tertiary/aromatic N) is 5. The molecule has 0 saturated heterocycles. The fourth-order valence-corrected chi connectivity index (χ4v) is 4.85. The number of rotatable bonds is 3. The summed E-state index contributed by atoms with van der Waals surface area (Å²) >= 11 is 0. The Kier molecular flexibility index (Phi) is 6.77. The molecule has 1 aliphatic rings. The third-order valence-electron chi connectivity index (χ3n) is 7.00. The summed E-state index contributed by atoms with van der Waals surface area (Å²) in [7, 11) is 1.89. The van der Waals surface area contributed by atoms with Gasteiger partial charge in [0, 0.05) is 31.9 Å². The maximum atomic E-state index is 13.5. The molecule has 9 heteroatoms. The Hall–Kier alpha value is -3.49. The zero-order valence-electron chi connectivity index (χ0n) is 21.3. The fraction of sp³-hybridized carbons (Fsp3) is 0.407. The van der Waals surface area contributed by atoms with Gasteiger partial charge in [0.2, 0.25) is 5.91 Å². The summed E-state index contributed by atoms with van der Waals surface area (Å²) in [4.78, 5) is 27.8. The normalized spacial score (nSPS) is 17.9. The molecule has 36 heavy (non-hydrogen) atoms. The van der Waals surface area contributed by atoms with E-state index in [1.807, 2.05) is 42.5 Å². The highest BCUT2D eigenvalue weighted by atomic mass is 19.4. The van der Waals surface area contributed by atoms with E-state index in [-0.39, 0.29) is 17.5 Å². The van der Waals surface area contributed by atoms with Gasteiger partial charge in [-0.05, 0) is 62.9 Å². The lowest BCUT2D eigenvalue weighted by Gasteiger charge is -2.32. The third kappa shape index (κ3) is 4.79. The van der Waals surface area contributed by atoms with Crippen LogP contribution >= 0.6 is 0 Å². The molecule has 0 fully saturated rings. The number of carbonyl (C=O) groups is 1. The molecule has 1 amide bonds. The van der Waals surface area contributed by atoms with E-state index in [2.05, 4.69) is 9.97 Å². The van der Waals surface area contributed by atoms with Gasteiger partial charge >= 0.3 is 6.18 Å². The predicted octanol–water partition coefficient (Wildman–Crippen LogP) is 5.29. The Bertz CT molecular complexity index is 1440. The second-order valence-electron chi connectivity index (χ2n) is 9.40. The Morgan fingerprint density at radius 3 is 2.61 bits per heavy atom. The molecule has 6 nitrogen and oxygen atoms in total. The molecule has 1 aliphatic heterocycles. The van der Waals surface area contributed by atoms with Crippen LogP contribution in [0.15, 0.2) is 41.5 Å². The molecule has 190 valence electrons. The molecule has 2 atom stereocenters. The SMILES string of the molecule is CC(=O)N1CC=C(c2cc3c(=N[C@H](C)c4cccc(C(F)(F)F)c4C)nc(C)n(C)c3cn2)C[C@H]1C. The zero-order valence-corrected chi connectivity index (χ0v) is 21.3. The summed E-state index contributed by atoms with van der Waals surface area (Å²) in [6.45, 7) is 9.22. The van der Waals surface area contributed by atoms with Crippen molar-refractivity contribution in [3.05, 3.63) is 70.2 Å². The standard InChI is InChI=1S/C27H30F3N5O/c1-15-12-20(10-11-35(15)19(5)36)24-13-22-25(14-31-24)34(6)18(4)33-26(22)32-17(3)21-8-7-9-23(16(21)2)27(28,29)30/h7-10,13-15,17H,11-12H2,1-6H3/t15-,17-/m1/s1. The molecule has 0 unspecified atom stereocenters. The van der Waals surface area contributed by atoms with Crippen molar-refractivity contribution in [2.75, 3.05) is 6.54 Å². The minimum absolute atomic E-state index is 0.0379. The van der Waals surface area contributed by atoms with Gasteiger partial charge in [-0.25, -0.2) is 4.98 Å². The van der Waals surface area contributed by atoms with Gasteiger partial charge < -0.3 is 9.47 Å². The summed E-state index contributed by atoms with van der Waals surface area (Å²) < 4.78 is 42.3. The van der Waals surface area contributed by atoms with Gasteiger partial charge in [0.05, 0.1) is 29.0 Å². The smallest absolute Gasteiger partial charge is 0.336 e. The number of benzene rings is 1. The monoisotopic (exact) mass is 497 g/mol. The molecule has 0 radical (unpaired) electrons. The molecule has 0 saturated carbocycles. The maximum absolute atomic E-state index is 13.5.